The molecule has 5 N–H and O–H groups in total. The van der Waals surface area contributed by atoms with Crippen molar-refractivity contribution < 1.29 is 19.4 Å². The lowest BCUT2D eigenvalue weighted by atomic mass is 9.73. The van der Waals surface area contributed by atoms with Crippen molar-refractivity contribution in [3.8, 4) is 11.5 Å². The number of benzene rings is 1. The second-order valence-electron chi connectivity index (χ2n) is 9.83. The van der Waals surface area contributed by atoms with Gasteiger partial charge in [-0.2, -0.15) is 0 Å². The Morgan fingerprint density at radius 2 is 1.88 bits per heavy atom. The minimum atomic E-state index is -0.877. The number of hydrogen-bond donors (Lipinski definition) is 4. The van der Waals surface area contributed by atoms with E-state index in [4.69, 9.17) is 10.5 Å². The van der Waals surface area contributed by atoms with E-state index in [1.54, 1.807) is 31.4 Å². The topological polar surface area (TPSA) is 130 Å². The van der Waals surface area contributed by atoms with Crippen LogP contribution < -0.4 is 21.1 Å². The summed E-state index contributed by atoms with van der Waals surface area (Å²) < 4.78 is 5.91. The van der Waals surface area contributed by atoms with Crippen LogP contribution in [0, 0.1) is 17.3 Å². The molecule has 1 unspecified atom stereocenters. The molecule has 1 atom stereocenters. The molecule has 9 heteroatoms. The zero-order valence-electron chi connectivity index (χ0n) is 20.3. The lowest BCUT2D eigenvalue weighted by molar-refractivity contribution is -0.124. The van der Waals surface area contributed by atoms with Gasteiger partial charge in [-0.05, 0) is 48.8 Å². The first-order valence-corrected chi connectivity index (χ1v) is 11.6. The third-order valence-electron chi connectivity index (χ3n) is 6.33. The summed E-state index contributed by atoms with van der Waals surface area (Å²) in [6.45, 7) is 7.18. The maximum atomic E-state index is 13.3. The van der Waals surface area contributed by atoms with Gasteiger partial charge in [-0.1, -0.05) is 20.8 Å². The molecule has 1 saturated heterocycles. The molecule has 2 amide bonds. The first-order valence-electron chi connectivity index (χ1n) is 11.6. The summed E-state index contributed by atoms with van der Waals surface area (Å²) in [6, 6.07) is 8.78. The first-order chi connectivity index (χ1) is 16.1. The number of ether oxygens (including phenoxy) is 1. The van der Waals surface area contributed by atoms with Crippen LogP contribution >= 0.6 is 0 Å². The van der Waals surface area contributed by atoms with Crippen molar-refractivity contribution in [2.45, 2.75) is 40.0 Å². The minimum absolute atomic E-state index is 0.0968. The number of likely N-dealkylation sites (tertiary alicyclic amines) is 1. The van der Waals surface area contributed by atoms with Gasteiger partial charge in [0.1, 0.15) is 17.3 Å². The monoisotopic (exact) mass is 469 g/mol. The molecule has 0 bridgehead atoms. The first kappa shape index (κ1) is 25.1. The van der Waals surface area contributed by atoms with E-state index in [0.29, 0.717) is 48.4 Å². The maximum Gasteiger partial charge on any atom is 0.407 e. The van der Waals surface area contributed by atoms with E-state index in [9.17, 15) is 14.7 Å². The van der Waals surface area contributed by atoms with E-state index in [2.05, 4.69) is 36.4 Å². The molecule has 2 aromatic rings. The molecule has 0 radical (unpaired) electrons. The fraction of sp³-hybridized carbons (Fsp3) is 0.480. The number of pyridine rings is 1. The van der Waals surface area contributed by atoms with Gasteiger partial charge >= 0.3 is 6.09 Å². The molecule has 2 heterocycles. The number of nitrogens with two attached hydrogens (primary N) is 1. The number of nitrogen functional groups attached to an aromatic ring is 1. The number of carbonyl (C=O) groups excluding carboxylic acids is 1. The second-order valence-corrected chi connectivity index (χ2v) is 9.83. The van der Waals surface area contributed by atoms with E-state index < -0.39 is 6.09 Å². The number of piperidine rings is 1. The smallest absolute Gasteiger partial charge is 0.407 e. The number of carboxylic acid groups (broad SMARTS) is 1. The highest BCUT2D eigenvalue weighted by atomic mass is 16.5. The molecule has 184 valence electrons. The standard InChI is InChI=1S/C25H35N5O4/c1-25(2,3)19(13-16-8-11-30(12-9-16)24(32)33)23(31)29-22-15-18(7-10-28-22)34-17-5-6-21(27-4)20(26)14-17/h5-7,10,14-16,19,27H,8-9,11-13,26H2,1-4H3,(H,32,33)(H,28,29,31). The lowest BCUT2D eigenvalue weighted by Crippen LogP contribution is -2.40. The predicted molar refractivity (Wildman–Crippen MR) is 133 cm³/mol. The van der Waals surface area contributed by atoms with Crippen LogP contribution in [0.4, 0.5) is 22.0 Å². The summed E-state index contributed by atoms with van der Waals surface area (Å²) in [5.74, 6) is 1.50. The fourth-order valence-corrected chi connectivity index (χ4v) is 4.27. The Labute approximate surface area is 200 Å². The Bertz CT molecular complexity index is 1010. The molecule has 3 rings (SSSR count). The molecule has 0 spiro atoms. The Morgan fingerprint density at radius 3 is 2.47 bits per heavy atom. The van der Waals surface area contributed by atoms with E-state index in [0.717, 1.165) is 18.5 Å². The number of carbonyl (C=O) groups is 2. The fourth-order valence-electron chi connectivity index (χ4n) is 4.27. The van der Waals surface area contributed by atoms with Gasteiger partial charge in [0.05, 0.1) is 11.4 Å². The van der Waals surface area contributed by atoms with Crippen molar-refractivity contribution in [1.29, 1.82) is 0 Å². The number of amides is 2. The van der Waals surface area contributed by atoms with Crippen molar-refractivity contribution in [2.75, 3.05) is 36.5 Å². The van der Waals surface area contributed by atoms with E-state index in [1.807, 2.05) is 12.1 Å². The molecule has 0 saturated carbocycles. The van der Waals surface area contributed by atoms with Crippen molar-refractivity contribution in [2.24, 2.45) is 17.3 Å². The van der Waals surface area contributed by atoms with E-state index in [-0.39, 0.29) is 17.2 Å². The zero-order valence-corrected chi connectivity index (χ0v) is 20.3. The van der Waals surface area contributed by atoms with Crippen LogP contribution in [0.5, 0.6) is 11.5 Å². The summed E-state index contributed by atoms with van der Waals surface area (Å²) in [4.78, 5) is 30.2. The largest absolute Gasteiger partial charge is 0.465 e. The van der Waals surface area contributed by atoms with Crippen LogP contribution in [0.1, 0.15) is 40.0 Å². The Kier molecular flexibility index (Phi) is 7.86. The average molecular weight is 470 g/mol. The Hall–Kier alpha value is -3.49. The quantitative estimate of drug-likeness (QED) is 0.425. The number of rotatable bonds is 7. The number of nitrogens with one attached hydrogen (secondary N) is 2. The highest BCUT2D eigenvalue weighted by Gasteiger charge is 2.35. The van der Waals surface area contributed by atoms with Crippen molar-refractivity contribution in [1.82, 2.24) is 9.88 Å². The molecule has 34 heavy (non-hydrogen) atoms. The van der Waals surface area contributed by atoms with Crippen LogP contribution in [-0.4, -0.2) is 47.1 Å². The molecule has 9 nitrogen and oxygen atoms in total. The molecular formula is C25H35N5O4. The number of aromatic nitrogens is 1. The number of anilines is 3. The molecule has 0 aliphatic carbocycles. The molecular weight excluding hydrogens is 434 g/mol. The van der Waals surface area contributed by atoms with Crippen molar-refractivity contribution >= 4 is 29.2 Å². The van der Waals surface area contributed by atoms with Crippen LogP contribution in [-0.2, 0) is 4.79 Å². The van der Waals surface area contributed by atoms with Crippen LogP contribution in [0.25, 0.3) is 0 Å². The summed E-state index contributed by atoms with van der Waals surface area (Å²) in [7, 11) is 1.80. The predicted octanol–water partition coefficient (Wildman–Crippen LogP) is 4.88. The van der Waals surface area contributed by atoms with Gasteiger partial charge in [-0.3, -0.25) is 4.79 Å². The van der Waals surface area contributed by atoms with E-state index >= 15 is 0 Å². The van der Waals surface area contributed by atoms with Crippen molar-refractivity contribution in [3.05, 3.63) is 36.5 Å². The van der Waals surface area contributed by atoms with Crippen LogP contribution in [0.15, 0.2) is 36.5 Å². The lowest BCUT2D eigenvalue weighted by Gasteiger charge is -2.36. The van der Waals surface area contributed by atoms with Gasteiger partial charge in [0, 0.05) is 44.4 Å². The molecule has 1 aromatic heterocycles. The molecule has 1 fully saturated rings. The Morgan fingerprint density at radius 1 is 1.21 bits per heavy atom. The van der Waals surface area contributed by atoms with Gasteiger partial charge in [0.25, 0.3) is 0 Å². The molecule has 1 aliphatic heterocycles. The maximum absolute atomic E-state index is 13.3. The highest BCUT2D eigenvalue weighted by molar-refractivity contribution is 5.92. The summed E-state index contributed by atoms with van der Waals surface area (Å²) in [5, 5.41) is 15.1. The zero-order chi connectivity index (χ0) is 24.9. The molecule has 1 aliphatic rings. The second kappa shape index (κ2) is 10.6. The van der Waals surface area contributed by atoms with Gasteiger partial charge < -0.3 is 31.1 Å². The van der Waals surface area contributed by atoms with Crippen molar-refractivity contribution in [3.63, 3.8) is 0 Å². The van der Waals surface area contributed by atoms with Gasteiger partial charge in [-0.25, -0.2) is 9.78 Å². The Balaban J connectivity index is 1.66. The van der Waals surface area contributed by atoms with Crippen LogP contribution in [0.3, 0.4) is 0 Å². The number of hydrogen-bond acceptors (Lipinski definition) is 6. The third kappa shape index (κ3) is 6.52. The summed E-state index contributed by atoms with van der Waals surface area (Å²) >= 11 is 0. The van der Waals surface area contributed by atoms with Gasteiger partial charge in [-0.15, -0.1) is 0 Å². The normalized spacial score (nSPS) is 15.5. The summed E-state index contributed by atoms with van der Waals surface area (Å²) in [6.07, 6.45) is 2.95. The van der Waals surface area contributed by atoms with Gasteiger partial charge in [0.15, 0.2) is 0 Å². The molecule has 1 aromatic carbocycles. The SMILES string of the molecule is CNc1ccc(Oc2ccnc(NC(=O)C(CC3CCN(C(=O)O)CC3)C(C)(C)C)c2)cc1N. The highest BCUT2D eigenvalue weighted by Crippen LogP contribution is 2.36. The van der Waals surface area contributed by atoms with Crippen LogP contribution in [0.2, 0.25) is 0 Å². The minimum Gasteiger partial charge on any atom is -0.465 e. The third-order valence-corrected chi connectivity index (χ3v) is 6.33. The number of nitrogens with zero attached hydrogens (tertiary/aromatic N) is 2. The summed E-state index contributed by atoms with van der Waals surface area (Å²) in [5.41, 5.74) is 7.15. The average Bonchev–Trinajstić information content (AvgIpc) is 2.77. The van der Waals surface area contributed by atoms with Gasteiger partial charge in [0.2, 0.25) is 5.91 Å². The van der Waals surface area contributed by atoms with E-state index in [1.165, 1.54) is 4.90 Å².